The minimum absolute atomic E-state index is 0.511. The SMILES string of the molecule is C/C(=C\C(=C/C(=N)c1ccccc1)c1ccccc1)c1ccccc1. The van der Waals surface area contributed by atoms with Crippen LogP contribution in [0, 0.1) is 5.41 Å². The van der Waals surface area contributed by atoms with Crippen LogP contribution in [0.4, 0.5) is 0 Å². The second-order valence-electron chi connectivity index (χ2n) is 5.94. The van der Waals surface area contributed by atoms with Crippen LogP contribution >= 0.6 is 0 Å². The Hall–Kier alpha value is -3.19. The van der Waals surface area contributed by atoms with Crippen molar-refractivity contribution in [3.63, 3.8) is 0 Å². The first-order valence-corrected chi connectivity index (χ1v) is 8.39. The third-order valence-corrected chi connectivity index (χ3v) is 4.09. The Bertz CT molecular complexity index is 889. The first-order chi connectivity index (χ1) is 12.2. The molecule has 25 heavy (non-hydrogen) atoms. The maximum Gasteiger partial charge on any atom is 0.0618 e. The van der Waals surface area contributed by atoms with Gasteiger partial charge in [-0.25, -0.2) is 0 Å². The van der Waals surface area contributed by atoms with Gasteiger partial charge in [0.05, 0.1) is 5.71 Å². The van der Waals surface area contributed by atoms with Gasteiger partial charge in [0.2, 0.25) is 0 Å². The molecule has 0 saturated carbocycles. The van der Waals surface area contributed by atoms with Gasteiger partial charge in [-0.2, -0.15) is 0 Å². The number of allylic oxidation sites excluding steroid dienone is 4. The van der Waals surface area contributed by atoms with E-state index in [1.807, 2.05) is 72.8 Å². The predicted octanol–water partition coefficient (Wildman–Crippen LogP) is 6.24. The summed E-state index contributed by atoms with van der Waals surface area (Å²) >= 11 is 0. The smallest absolute Gasteiger partial charge is 0.0618 e. The van der Waals surface area contributed by atoms with Gasteiger partial charge in [-0.15, -0.1) is 0 Å². The van der Waals surface area contributed by atoms with E-state index in [-0.39, 0.29) is 0 Å². The van der Waals surface area contributed by atoms with E-state index in [2.05, 4.69) is 37.3 Å². The molecule has 0 saturated heterocycles. The highest BCUT2D eigenvalue weighted by Crippen LogP contribution is 2.23. The van der Waals surface area contributed by atoms with Crippen LogP contribution in [0.15, 0.2) is 103 Å². The minimum atomic E-state index is 0.511. The zero-order valence-electron chi connectivity index (χ0n) is 14.3. The van der Waals surface area contributed by atoms with Gasteiger partial charge in [0.15, 0.2) is 0 Å². The van der Waals surface area contributed by atoms with Gasteiger partial charge in [0.25, 0.3) is 0 Å². The lowest BCUT2D eigenvalue weighted by molar-refractivity contribution is 1.49. The molecule has 0 aromatic heterocycles. The van der Waals surface area contributed by atoms with Crippen LogP contribution in [-0.2, 0) is 0 Å². The second kappa shape index (κ2) is 8.07. The van der Waals surface area contributed by atoms with Gasteiger partial charge in [-0.1, -0.05) is 97.1 Å². The van der Waals surface area contributed by atoms with Crippen LogP contribution in [0.3, 0.4) is 0 Å². The Morgan fingerprint density at radius 1 is 0.600 bits per heavy atom. The van der Waals surface area contributed by atoms with Crippen LogP contribution < -0.4 is 0 Å². The van der Waals surface area contributed by atoms with Gasteiger partial charge in [0, 0.05) is 0 Å². The monoisotopic (exact) mass is 323 g/mol. The van der Waals surface area contributed by atoms with E-state index in [0.717, 1.165) is 16.7 Å². The lowest BCUT2D eigenvalue weighted by atomic mass is 9.97. The van der Waals surface area contributed by atoms with Gasteiger partial charge in [-0.3, -0.25) is 0 Å². The highest BCUT2D eigenvalue weighted by Gasteiger charge is 2.04. The Morgan fingerprint density at radius 2 is 1.04 bits per heavy atom. The van der Waals surface area contributed by atoms with Crippen molar-refractivity contribution in [2.45, 2.75) is 6.92 Å². The zero-order valence-corrected chi connectivity index (χ0v) is 14.3. The van der Waals surface area contributed by atoms with Crippen molar-refractivity contribution in [3.8, 4) is 0 Å². The fourth-order valence-corrected chi connectivity index (χ4v) is 2.71. The van der Waals surface area contributed by atoms with Crippen molar-refractivity contribution >= 4 is 16.9 Å². The van der Waals surface area contributed by atoms with E-state index in [4.69, 9.17) is 5.41 Å². The fraction of sp³-hybridized carbons (Fsp3) is 0.0417. The average Bonchev–Trinajstić information content (AvgIpc) is 2.69. The maximum atomic E-state index is 8.45. The zero-order chi connectivity index (χ0) is 17.5. The molecule has 3 aromatic rings. The molecule has 0 atom stereocenters. The number of nitrogens with one attached hydrogen (secondary N) is 1. The van der Waals surface area contributed by atoms with E-state index in [1.54, 1.807) is 0 Å². The normalized spacial score (nSPS) is 12.0. The summed E-state index contributed by atoms with van der Waals surface area (Å²) in [7, 11) is 0. The molecule has 0 aliphatic carbocycles. The van der Waals surface area contributed by atoms with Gasteiger partial charge in [-0.05, 0) is 40.8 Å². The lowest BCUT2D eigenvalue weighted by Gasteiger charge is -2.08. The Kier molecular flexibility index (Phi) is 5.38. The molecule has 1 heteroatoms. The van der Waals surface area contributed by atoms with E-state index in [0.29, 0.717) is 5.71 Å². The molecule has 1 N–H and O–H groups in total. The molecular formula is C24H21N. The first kappa shape index (κ1) is 16.7. The van der Waals surface area contributed by atoms with Crippen molar-refractivity contribution in [1.82, 2.24) is 0 Å². The number of hydrogen-bond acceptors (Lipinski definition) is 1. The summed E-state index contributed by atoms with van der Waals surface area (Å²) in [4.78, 5) is 0. The molecule has 0 amide bonds. The third kappa shape index (κ3) is 4.42. The molecule has 0 bridgehead atoms. The van der Waals surface area contributed by atoms with Crippen molar-refractivity contribution in [2.75, 3.05) is 0 Å². The van der Waals surface area contributed by atoms with Crippen LogP contribution in [0.2, 0.25) is 0 Å². The number of rotatable bonds is 5. The summed E-state index contributed by atoms with van der Waals surface area (Å²) in [6.07, 6.45) is 4.10. The van der Waals surface area contributed by atoms with Crippen LogP contribution in [0.25, 0.3) is 11.1 Å². The van der Waals surface area contributed by atoms with Crippen molar-refractivity contribution < 1.29 is 0 Å². The van der Waals surface area contributed by atoms with Gasteiger partial charge < -0.3 is 5.41 Å². The minimum Gasteiger partial charge on any atom is -0.300 e. The van der Waals surface area contributed by atoms with E-state index in [9.17, 15) is 0 Å². The quantitative estimate of drug-likeness (QED) is 0.424. The first-order valence-electron chi connectivity index (χ1n) is 8.39. The summed E-state index contributed by atoms with van der Waals surface area (Å²) < 4.78 is 0. The number of benzene rings is 3. The topological polar surface area (TPSA) is 23.9 Å². The summed E-state index contributed by atoms with van der Waals surface area (Å²) in [5, 5.41) is 8.45. The summed E-state index contributed by atoms with van der Waals surface area (Å²) in [6, 6.07) is 30.4. The van der Waals surface area contributed by atoms with Crippen LogP contribution in [0.5, 0.6) is 0 Å². The predicted molar refractivity (Wildman–Crippen MR) is 108 cm³/mol. The standard InChI is InChI=1S/C24H21N/c1-19(20-11-5-2-6-12-20)17-23(21-13-7-3-8-14-21)18-24(25)22-15-9-4-10-16-22/h2-18,25H,1H3/b19-17+,23-18+,25-24?. The van der Waals surface area contributed by atoms with Gasteiger partial charge >= 0.3 is 0 Å². The van der Waals surface area contributed by atoms with Crippen LogP contribution in [-0.4, -0.2) is 5.71 Å². The molecule has 3 rings (SSSR count). The largest absolute Gasteiger partial charge is 0.300 e. The Labute approximate surface area is 149 Å². The molecule has 0 unspecified atom stereocenters. The van der Waals surface area contributed by atoms with Gasteiger partial charge in [0.1, 0.15) is 0 Å². The summed E-state index contributed by atoms with van der Waals surface area (Å²) in [5.41, 5.74) is 5.94. The highest BCUT2D eigenvalue weighted by molar-refractivity contribution is 6.11. The molecule has 0 radical (unpaired) electrons. The van der Waals surface area contributed by atoms with E-state index < -0.39 is 0 Å². The molecule has 0 aliphatic rings. The third-order valence-electron chi connectivity index (χ3n) is 4.09. The fourth-order valence-electron chi connectivity index (χ4n) is 2.71. The molecule has 122 valence electrons. The summed E-state index contributed by atoms with van der Waals surface area (Å²) in [6.45, 7) is 2.11. The lowest BCUT2D eigenvalue weighted by Crippen LogP contribution is -1.96. The van der Waals surface area contributed by atoms with E-state index >= 15 is 0 Å². The Morgan fingerprint density at radius 3 is 1.56 bits per heavy atom. The molecular weight excluding hydrogens is 302 g/mol. The molecule has 0 fully saturated rings. The van der Waals surface area contributed by atoms with Crippen molar-refractivity contribution in [2.24, 2.45) is 0 Å². The second-order valence-corrected chi connectivity index (χ2v) is 5.94. The average molecular weight is 323 g/mol. The number of hydrogen-bond donors (Lipinski definition) is 1. The van der Waals surface area contributed by atoms with Crippen molar-refractivity contribution in [3.05, 3.63) is 120 Å². The summed E-state index contributed by atoms with van der Waals surface area (Å²) in [5.74, 6) is 0. The molecule has 0 aliphatic heterocycles. The molecule has 1 nitrogen and oxygen atoms in total. The Balaban J connectivity index is 2.02. The van der Waals surface area contributed by atoms with Crippen LogP contribution in [0.1, 0.15) is 23.6 Å². The van der Waals surface area contributed by atoms with E-state index in [1.165, 1.54) is 11.1 Å². The molecule has 0 spiro atoms. The highest BCUT2D eigenvalue weighted by atomic mass is 14.4. The molecule has 3 aromatic carbocycles. The molecule has 0 heterocycles. The van der Waals surface area contributed by atoms with Crippen molar-refractivity contribution in [1.29, 1.82) is 5.41 Å². The maximum absolute atomic E-state index is 8.45.